The number of benzene rings is 1. The van der Waals surface area contributed by atoms with Gasteiger partial charge in [-0.15, -0.1) is 0 Å². The number of sulfonamides is 1. The van der Waals surface area contributed by atoms with Crippen molar-refractivity contribution in [3.8, 4) is 0 Å². The number of anilines is 1. The van der Waals surface area contributed by atoms with Crippen molar-refractivity contribution in [2.75, 3.05) is 18.8 Å². The van der Waals surface area contributed by atoms with Crippen LogP contribution >= 0.6 is 11.6 Å². The number of nitrogen functional groups attached to an aromatic ring is 1. The van der Waals surface area contributed by atoms with Crippen LogP contribution in [0.5, 0.6) is 0 Å². The summed E-state index contributed by atoms with van der Waals surface area (Å²) in [5, 5.41) is 0.188. The smallest absolute Gasteiger partial charge is 0.244 e. The Morgan fingerprint density at radius 3 is 2.63 bits per heavy atom. The van der Waals surface area contributed by atoms with Crippen molar-refractivity contribution in [3.63, 3.8) is 0 Å². The molecule has 19 heavy (non-hydrogen) atoms. The van der Waals surface area contributed by atoms with Gasteiger partial charge in [0.1, 0.15) is 4.90 Å². The quantitative estimate of drug-likeness (QED) is 0.873. The van der Waals surface area contributed by atoms with Gasteiger partial charge in [-0.1, -0.05) is 25.4 Å². The van der Waals surface area contributed by atoms with Crippen LogP contribution in [0.1, 0.15) is 20.3 Å². The molecule has 1 atom stereocenters. The van der Waals surface area contributed by atoms with Crippen LogP contribution in [0.25, 0.3) is 0 Å². The molecule has 1 heterocycles. The summed E-state index contributed by atoms with van der Waals surface area (Å²) in [6.07, 6.45) is 0.906. The van der Waals surface area contributed by atoms with Gasteiger partial charge in [-0.05, 0) is 36.5 Å². The van der Waals surface area contributed by atoms with Gasteiger partial charge < -0.3 is 5.73 Å². The lowest BCUT2D eigenvalue weighted by Gasteiger charge is -2.18. The van der Waals surface area contributed by atoms with Gasteiger partial charge in [0, 0.05) is 18.8 Å². The zero-order valence-corrected chi connectivity index (χ0v) is 12.7. The summed E-state index contributed by atoms with van der Waals surface area (Å²) in [5.74, 6) is 0.907. The lowest BCUT2D eigenvalue weighted by molar-refractivity contribution is 0.388. The van der Waals surface area contributed by atoms with E-state index in [0.717, 1.165) is 6.42 Å². The van der Waals surface area contributed by atoms with Crippen molar-refractivity contribution in [3.05, 3.63) is 23.2 Å². The van der Waals surface area contributed by atoms with Crippen LogP contribution in [0.3, 0.4) is 0 Å². The highest BCUT2D eigenvalue weighted by molar-refractivity contribution is 7.89. The van der Waals surface area contributed by atoms with Crippen molar-refractivity contribution in [2.45, 2.75) is 25.2 Å². The van der Waals surface area contributed by atoms with E-state index in [0.29, 0.717) is 30.6 Å². The van der Waals surface area contributed by atoms with E-state index in [1.807, 2.05) is 0 Å². The molecule has 0 spiro atoms. The van der Waals surface area contributed by atoms with Crippen LogP contribution in [-0.4, -0.2) is 25.8 Å². The van der Waals surface area contributed by atoms with Crippen molar-refractivity contribution in [1.82, 2.24) is 4.31 Å². The Bertz CT molecular complexity index is 572. The molecule has 1 saturated heterocycles. The van der Waals surface area contributed by atoms with Crippen molar-refractivity contribution < 1.29 is 8.42 Å². The molecule has 1 aromatic rings. The number of halogens is 1. The van der Waals surface area contributed by atoms with Gasteiger partial charge in [-0.3, -0.25) is 0 Å². The predicted octanol–water partition coefficient (Wildman–Crippen LogP) is 2.59. The second kappa shape index (κ2) is 5.31. The molecular formula is C13H19ClN2O2S. The average molecular weight is 303 g/mol. The fraction of sp³-hybridized carbons (Fsp3) is 0.538. The van der Waals surface area contributed by atoms with Crippen molar-refractivity contribution >= 4 is 27.3 Å². The summed E-state index contributed by atoms with van der Waals surface area (Å²) in [5.41, 5.74) is 6.06. The number of nitrogens with two attached hydrogens (primary N) is 1. The van der Waals surface area contributed by atoms with Crippen LogP contribution in [0, 0.1) is 11.8 Å². The second-order valence-electron chi connectivity index (χ2n) is 5.35. The van der Waals surface area contributed by atoms with E-state index >= 15 is 0 Å². The molecular weight excluding hydrogens is 284 g/mol. The zero-order chi connectivity index (χ0) is 14.2. The molecule has 0 saturated carbocycles. The Morgan fingerprint density at radius 2 is 2.11 bits per heavy atom. The molecule has 0 bridgehead atoms. The van der Waals surface area contributed by atoms with Gasteiger partial charge >= 0.3 is 0 Å². The maximum absolute atomic E-state index is 12.5. The molecule has 1 aliphatic heterocycles. The number of hydrogen-bond donors (Lipinski definition) is 1. The molecule has 6 heteroatoms. The van der Waals surface area contributed by atoms with E-state index in [-0.39, 0.29) is 9.92 Å². The third-order valence-corrected chi connectivity index (χ3v) is 6.05. The molecule has 0 aliphatic carbocycles. The average Bonchev–Trinajstić information content (AvgIpc) is 2.78. The molecule has 0 aromatic heterocycles. The molecule has 1 aliphatic rings. The Hall–Kier alpha value is -0.780. The topological polar surface area (TPSA) is 63.4 Å². The minimum atomic E-state index is -3.51. The van der Waals surface area contributed by atoms with Crippen LogP contribution in [0.2, 0.25) is 5.02 Å². The summed E-state index contributed by atoms with van der Waals surface area (Å²) in [6, 6.07) is 4.52. The molecule has 0 amide bonds. The molecule has 106 valence electrons. The largest absolute Gasteiger partial charge is 0.399 e. The van der Waals surface area contributed by atoms with Gasteiger partial charge in [-0.25, -0.2) is 8.42 Å². The molecule has 4 nitrogen and oxygen atoms in total. The monoisotopic (exact) mass is 302 g/mol. The van der Waals surface area contributed by atoms with Gasteiger partial charge in [0.2, 0.25) is 10.0 Å². The number of rotatable bonds is 3. The Balaban J connectivity index is 2.29. The lowest BCUT2D eigenvalue weighted by atomic mass is 9.96. The van der Waals surface area contributed by atoms with E-state index in [2.05, 4.69) is 13.8 Å². The Morgan fingerprint density at radius 1 is 1.42 bits per heavy atom. The minimum absolute atomic E-state index is 0.146. The van der Waals surface area contributed by atoms with Crippen LogP contribution in [0.4, 0.5) is 5.69 Å². The van der Waals surface area contributed by atoms with Gasteiger partial charge in [0.05, 0.1) is 5.02 Å². The van der Waals surface area contributed by atoms with E-state index in [1.165, 1.54) is 16.4 Å². The Labute approximate surface area is 119 Å². The molecule has 1 unspecified atom stereocenters. The highest BCUT2D eigenvalue weighted by Crippen LogP contribution is 2.32. The van der Waals surface area contributed by atoms with E-state index in [9.17, 15) is 8.42 Å². The first-order valence-corrected chi connectivity index (χ1v) is 8.19. The first kappa shape index (κ1) is 14.6. The van der Waals surface area contributed by atoms with Gasteiger partial charge in [0.15, 0.2) is 0 Å². The number of hydrogen-bond acceptors (Lipinski definition) is 3. The summed E-state index contributed by atoms with van der Waals surface area (Å²) in [6.45, 7) is 5.38. The number of nitrogens with zero attached hydrogens (tertiary/aromatic N) is 1. The van der Waals surface area contributed by atoms with Gasteiger partial charge in [-0.2, -0.15) is 4.31 Å². The summed E-state index contributed by atoms with van der Waals surface area (Å²) >= 11 is 6.01. The molecule has 1 aromatic carbocycles. The highest BCUT2D eigenvalue weighted by atomic mass is 35.5. The normalized spacial score (nSPS) is 21.2. The maximum atomic E-state index is 12.5. The maximum Gasteiger partial charge on any atom is 0.244 e. The van der Waals surface area contributed by atoms with E-state index < -0.39 is 10.0 Å². The Kier molecular flexibility index (Phi) is 4.08. The summed E-state index contributed by atoms with van der Waals surface area (Å²) in [4.78, 5) is 0.146. The van der Waals surface area contributed by atoms with Crippen LogP contribution in [0.15, 0.2) is 23.1 Å². The fourth-order valence-electron chi connectivity index (χ4n) is 2.38. The molecule has 0 radical (unpaired) electrons. The minimum Gasteiger partial charge on any atom is -0.399 e. The van der Waals surface area contributed by atoms with E-state index in [4.69, 9.17) is 17.3 Å². The zero-order valence-electron chi connectivity index (χ0n) is 11.1. The fourth-order valence-corrected chi connectivity index (χ4v) is 4.42. The molecule has 1 fully saturated rings. The third kappa shape index (κ3) is 2.88. The van der Waals surface area contributed by atoms with Crippen molar-refractivity contribution in [1.29, 1.82) is 0 Å². The summed E-state index contributed by atoms with van der Waals surface area (Å²) in [7, 11) is -3.51. The third-order valence-electron chi connectivity index (χ3n) is 3.70. The lowest BCUT2D eigenvalue weighted by Crippen LogP contribution is -2.29. The van der Waals surface area contributed by atoms with Crippen LogP contribution < -0.4 is 5.73 Å². The first-order valence-electron chi connectivity index (χ1n) is 6.37. The summed E-state index contributed by atoms with van der Waals surface area (Å²) < 4.78 is 26.6. The molecule has 2 rings (SSSR count). The second-order valence-corrected chi connectivity index (χ2v) is 7.66. The van der Waals surface area contributed by atoms with Gasteiger partial charge in [0.25, 0.3) is 0 Å². The molecule has 2 N–H and O–H groups in total. The van der Waals surface area contributed by atoms with Crippen molar-refractivity contribution in [2.24, 2.45) is 11.8 Å². The van der Waals surface area contributed by atoms with E-state index in [1.54, 1.807) is 6.07 Å². The standard InChI is InChI=1S/C13H19ClN2O2S/c1-9(2)10-5-6-16(8-10)19(17,18)13-4-3-11(15)7-12(13)14/h3-4,7,9-10H,5-6,8,15H2,1-2H3. The first-order chi connectivity index (χ1) is 8.82. The predicted molar refractivity (Wildman–Crippen MR) is 77.6 cm³/mol. The SMILES string of the molecule is CC(C)C1CCN(S(=O)(=O)c2ccc(N)cc2Cl)C1. The van der Waals surface area contributed by atoms with Crippen LogP contribution in [-0.2, 0) is 10.0 Å². The highest BCUT2D eigenvalue weighted by Gasteiger charge is 2.34.